The van der Waals surface area contributed by atoms with Crippen LogP contribution in [-0.4, -0.2) is 17.8 Å². The van der Waals surface area contributed by atoms with Crippen molar-refractivity contribution in [3.8, 4) is 22.8 Å². The topological polar surface area (TPSA) is 66.5 Å². The molecule has 1 aliphatic heterocycles. The molecule has 20 heavy (non-hydrogen) atoms. The van der Waals surface area contributed by atoms with Gasteiger partial charge in [-0.15, -0.1) is 0 Å². The quantitative estimate of drug-likeness (QED) is 0.894. The zero-order chi connectivity index (χ0) is 14.1. The first-order valence-corrected chi connectivity index (χ1v) is 6.49. The van der Waals surface area contributed by atoms with Crippen molar-refractivity contribution in [3.63, 3.8) is 0 Å². The zero-order valence-corrected chi connectivity index (χ0v) is 11.3. The Kier molecular flexibility index (Phi) is 3.20. The van der Waals surface area contributed by atoms with Gasteiger partial charge in [-0.2, -0.15) is 0 Å². The molecule has 1 aliphatic rings. The molecule has 5 heteroatoms. The van der Waals surface area contributed by atoms with Crippen LogP contribution >= 0.6 is 0 Å². The maximum Gasteiger partial charge on any atom is 0.255 e. The summed E-state index contributed by atoms with van der Waals surface area (Å²) in [5.41, 5.74) is 7.82. The van der Waals surface area contributed by atoms with E-state index in [0.29, 0.717) is 24.5 Å². The number of benzene rings is 1. The number of fused-ring (bicyclic) bond motifs is 1. The molecule has 1 aromatic carbocycles. The number of nitrogens with two attached hydrogens (primary N) is 1. The van der Waals surface area contributed by atoms with Crippen molar-refractivity contribution in [2.45, 2.75) is 6.54 Å². The molecule has 0 spiro atoms. The second-order valence-corrected chi connectivity index (χ2v) is 4.67. The summed E-state index contributed by atoms with van der Waals surface area (Å²) < 4.78 is 12.7. The van der Waals surface area contributed by atoms with Gasteiger partial charge in [0.2, 0.25) is 0 Å². The number of rotatable bonds is 2. The van der Waals surface area contributed by atoms with Gasteiger partial charge in [0.15, 0.2) is 11.5 Å². The molecule has 0 aliphatic carbocycles. The molecular weight excluding hydrogens is 256 g/mol. The molecule has 5 nitrogen and oxygen atoms in total. The molecule has 3 rings (SSSR count). The second kappa shape index (κ2) is 5.02. The zero-order valence-electron chi connectivity index (χ0n) is 11.3. The minimum Gasteiger partial charge on any atom is -0.486 e. The molecule has 0 unspecified atom stereocenters. The standard InChI is InChI=1S/C15H16N2O3/c1-17-12(4-2-11(9-16)15(17)18)10-3-5-13-14(8-10)20-7-6-19-13/h2-5,8H,6-7,9,16H2,1H3. The van der Waals surface area contributed by atoms with Crippen LogP contribution < -0.4 is 20.8 Å². The molecule has 0 saturated carbocycles. The Morgan fingerprint density at radius 1 is 1.15 bits per heavy atom. The van der Waals surface area contributed by atoms with Gasteiger partial charge in [0.1, 0.15) is 13.2 Å². The van der Waals surface area contributed by atoms with Crippen LogP contribution in [0.1, 0.15) is 5.56 Å². The van der Waals surface area contributed by atoms with E-state index in [1.54, 1.807) is 17.7 Å². The van der Waals surface area contributed by atoms with E-state index in [9.17, 15) is 4.79 Å². The van der Waals surface area contributed by atoms with Crippen LogP contribution in [0.15, 0.2) is 35.1 Å². The molecule has 0 amide bonds. The van der Waals surface area contributed by atoms with Gasteiger partial charge in [-0.1, -0.05) is 6.07 Å². The highest BCUT2D eigenvalue weighted by Gasteiger charge is 2.14. The van der Waals surface area contributed by atoms with Crippen LogP contribution in [0.25, 0.3) is 11.3 Å². The van der Waals surface area contributed by atoms with E-state index >= 15 is 0 Å². The summed E-state index contributed by atoms with van der Waals surface area (Å²) in [4.78, 5) is 12.1. The van der Waals surface area contributed by atoms with Crippen LogP contribution in [0, 0.1) is 0 Å². The minimum absolute atomic E-state index is 0.0695. The Hall–Kier alpha value is -2.27. The van der Waals surface area contributed by atoms with E-state index in [4.69, 9.17) is 15.2 Å². The van der Waals surface area contributed by atoms with Crippen LogP contribution in [0.5, 0.6) is 11.5 Å². The predicted molar refractivity (Wildman–Crippen MR) is 76.0 cm³/mol. The lowest BCUT2D eigenvalue weighted by atomic mass is 10.1. The number of hydrogen-bond acceptors (Lipinski definition) is 4. The fourth-order valence-corrected chi connectivity index (χ4v) is 2.34. The third-order valence-corrected chi connectivity index (χ3v) is 3.44. The summed E-state index contributed by atoms with van der Waals surface area (Å²) >= 11 is 0. The van der Waals surface area contributed by atoms with E-state index in [1.165, 1.54) is 0 Å². The highest BCUT2D eigenvalue weighted by Crippen LogP contribution is 2.34. The number of ether oxygens (including phenoxy) is 2. The first kappa shape index (κ1) is 12.7. The van der Waals surface area contributed by atoms with Gasteiger partial charge < -0.3 is 19.8 Å². The van der Waals surface area contributed by atoms with Gasteiger partial charge in [0, 0.05) is 24.7 Å². The number of aromatic nitrogens is 1. The Morgan fingerprint density at radius 2 is 1.90 bits per heavy atom. The van der Waals surface area contributed by atoms with Crippen LogP contribution in [-0.2, 0) is 13.6 Å². The lowest BCUT2D eigenvalue weighted by Crippen LogP contribution is -2.24. The fourth-order valence-electron chi connectivity index (χ4n) is 2.34. The van der Waals surface area contributed by atoms with E-state index in [-0.39, 0.29) is 12.1 Å². The number of hydrogen-bond donors (Lipinski definition) is 1. The Bertz CT molecular complexity index is 707. The van der Waals surface area contributed by atoms with Crippen LogP contribution in [0.4, 0.5) is 0 Å². The van der Waals surface area contributed by atoms with Gasteiger partial charge >= 0.3 is 0 Å². The molecule has 2 heterocycles. The summed E-state index contributed by atoms with van der Waals surface area (Å²) in [6.45, 7) is 1.35. The molecule has 1 aromatic heterocycles. The normalized spacial score (nSPS) is 13.3. The van der Waals surface area contributed by atoms with E-state index in [0.717, 1.165) is 17.0 Å². The first-order valence-electron chi connectivity index (χ1n) is 6.49. The maximum absolute atomic E-state index is 12.1. The van der Waals surface area contributed by atoms with E-state index in [2.05, 4.69) is 0 Å². The molecule has 0 atom stereocenters. The number of nitrogens with zero attached hydrogens (tertiary/aromatic N) is 1. The van der Waals surface area contributed by atoms with Crippen molar-refractivity contribution in [1.29, 1.82) is 0 Å². The summed E-state index contributed by atoms with van der Waals surface area (Å²) in [5, 5.41) is 0. The summed E-state index contributed by atoms with van der Waals surface area (Å²) in [6, 6.07) is 9.35. The highest BCUT2D eigenvalue weighted by molar-refractivity contribution is 5.64. The van der Waals surface area contributed by atoms with Crippen molar-refractivity contribution in [3.05, 3.63) is 46.2 Å². The first-order chi connectivity index (χ1) is 9.70. The van der Waals surface area contributed by atoms with Crippen molar-refractivity contribution in [2.75, 3.05) is 13.2 Å². The summed E-state index contributed by atoms with van der Waals surface area (Å²) in [5.74, 6) is 1.45. The monoisotopic (exact) mass is 272 g/mol. The molecule has 0 radical (unpaired) electrons. The molecule has 2 aromatic rings. The molecule has 0 fully saturated rings. The lowest BCUT2D eigenvalue weighted by molar-refractivity contribution is 0.171. The Labute approximate surface area is 116 Å². The average molecular weight is 272 g/mol. The average Bonchev–Trinajstić information content (AvgIpc) is 2.49. The van der Waals surface area contributed by atoms with Gasteiger partial charge in [-0.05, 0) is 24.3 Å². The van der Waals surface area contributed by atoms with Crippen molar-refractivity contribution >= 4 is 0 Å². The second-order valence-electron chi connectivity index (χ2n) is 4.67. The smallest absolute Gasteiger partial charge is 0.255 e. The third-order valence-electron chi connectivity index (χ3n) is 3.44. The minimum atomic E-state index is -0.0695. The van der Waals surface area contributed by atoms with Gasteiger partial charge in [-0.25, -0.2) is 0 Å². The number of pyridine rings is 1. The van der Waals surface area contributed by atoms with Gasteiger partial charge in [-0.3, -0.25) is 4.79 Å². The van der Waals surface area contributed by atoms with Crippen LogP contribution in [0.3, 0.4) is 0 Å². The third kappa shape index (κ3) is 2.06. The highest BCUT2D eigenvalue weighted by atomic mass is 16.6. The van der Waals surface area contributed by atoms with Gasteiger partial charge in [0.05, 0.1) is 5.69 Å². The molecular formula is C15H16N2O3. The SMILES string of the molecule is Cn1c(-c2ccc3c(c2)OCCO3)ccc(CN)c1=O. The molecule has 0 bridgehead atoms. The van der Waals surface area contributed by atoms with E-state index < -0.39 is 0 Å². The van der Waals surface area contributed by atoms with Crippen molar-refractivity contribution in [2.24, 2.45) is 12.8 Å². The molecule has 0 saturated heterocycles. The van der Waals surface area contributed by atoms with E-state index in [1.807, 2.05) is 24.3 Å². The van der Waals surface area contributed by atoms with Crippen molar-refractivity contribution in [1.82, 2.24) is 4.57 Å². The molecule has 104 valence electrons. The maximum atomic E-state index is 12.1. The summed E-state index contributed by atoms with van der Waals surface area (Å²) in [6.07, 6.45) is 0. The predicted octanol–water partition coefficient (Wildman–Crippen LogP) is 1.28. The fraction of sp³-hybridized carbons (Fsp3) is 0.267. The summed E-state index contributed by atoms with van der Waals surface area (Å²) in [7, 11) is 1.74. The van der Waals surface area contributed by atoms with Crippen molar-refractivity contribution < 1.29 is 9.47 Å². The van der Waals surface area contributed by atoms with Gasteiger partial charge in [0.25, 0.3) is 5.56 Å². The van der Waals surface area contributed by atoms with Crippen LogP contribution in [0.2, 0.25) is 0 Å². The lowest BCUT2D eigenvalue weighted by Gasteiger charge is -2.19. The molecule has 2 N–H and O–H groups in total. The largest absolute Gasteiger partial charge is 0.486 e. The Balaban J connectivity index is 2.09. The Morgan fingerprint density at radius 3 is 2.65 bits per heavy atom.